The molecule has 0 unspecified atom stereocenters. The highest BCUT2D eigenvalue weighted by atomic mass is 16.2. The zero-order chi connectivity index (χ0) is 17.8. The number of primary amides is 1. The number of nitrogens with zero attached hydrogens (tertiary/aromatic N) is 2. The number of carbonyl (C=O) groups is 3. The van der Waals surface area contributed by atoms with Gasteiger partial charge in [-0.1, -0.05) is 19.3 Å². The van der Waals surface area contributed by atoms with Crippen molar-refractivity contribution in [2.24, 2.45) is 5.73 Å². The Morgan fingerprint density at radius 1 is 1.04 bits per heavy atom. The predicted molar refractivity (Wildman–Crippen MR) is 92.2 cm³/mol. The topological polar surface area (TPSA) is 112 Å². The number of amides is 4. The van der Waals surface area contributed by atoms with Crippen molar-refractivity contribution in [3.8, 4) is 0 Å². The Labute approximate surface area is 146 Å². The third kappa shape index (κ3) is 4.12. The Morgan fingerprint density at radius 3 is 2.28 bits per heavy atom. The molecule has 1 aliphatic carbocycles. The maximum atomic E-state index is 12.5. The standard InChI is InChI=1S/C17H25N5O3/c18-15(23)12-10-14(19-11-12)16(24)21-6-8-22(9-7-21)17(25)20-13-4-2-1-3-5-13/h10-11,13,19H,1-9H2,(H2,18,23)(H,20,25). The summed E-state index contributed by atoms with van der Waals surface area (Å²) in [5.41, 5.74) is 5.83. The minimum atomic E-state index is -0.570. The van der Waals surface area contributed by atoms with Crippen LogP contribution in [-0.4, -0.2) is 64.9 Å². The molecule has 0 radical (unpaired) electrons. The van der Waals surface area contributed by atoms with Crippen LogP contribution in [0.25, 0.3) is 0 Å². The first-order valence-electron chi connectivity index (χ1n) is 8.87. The van der Waals surface area contributed by atoms with Crippen molar-refractivity contribution in [3.63, 3.8) is 0 Å². The Morgan fingerprint density at radius 2 is 1.68 bits per heavy atom. The van der Waals surface area contributed by atoms with E-state index in [0.717, 1.165) is 12.8 Å². The van der Waals surface area contributed by atoms with Crippen LogP contribution in [0.15, 0.2) is 12.3 Å². The highest BCUT2D eigenvalue weighted by Crippen LogP contribution is 2.18. The lowest BCUT2D eigenvalue weighted by Crippen LogP contribution is -2.54. The second kappa shape index (κ2) is 7.58. The summed E-state index contributed by atoms with van der Waals surface area (Å²) in [7, 11) is 0. The molecule has 0 aromatic carbocycles. The molecule has 0 atom stereocenters. The summed E-state index contributed by atoms with van der Waals surface area (Å²) in [6.45, 7) is 1.96. The van der Waals surface area contributed by atoms with Crippen molar-refractivity contribution < 1.29 is 14.4 Å². The van der Waals surface area contributed by atoms with E-state index in [1.807, 2.05) is 0 Å². The van der Waals surface area contributed by atoms with Crippen LogP contribution in [0.3, 0.4) is 0 Å². The van der Waals surface area contributed by atoms with Crippen LogP contribution in [0.4, 0.5) is 4.79 Å². The van der Waals surface area contributed by atoms with Crippen LogP contribution in [-0.2, 0) is 0 Å². The van der Waals surface area contributed by atoms with Gasteiger partial charge in [0.15, 0.2) is 0 Å². The molecule has 1 aliphatic heterocycles. The number of urea groups is 1. The average Bonchev–Trinajstić information content (AvgIpc) is 3.12. The van der Waals surface area contributed by atoms with E-state index in [1.165, 1.54) is 31.5 Å². The first kappa shape index (κ1) is 17.3. The Kier molecular flexibility index (Phi) is 5.25. The zero-order valence-electron chi connectivity index (χ0n) is 14.3. The molecular formula is C17H25N5O3. The van der Waals surface area contributed by atoms with Gasteiger partial charge >= 0.3 is 6.03 Å². The number of H-pyrrole nitrogens is 1. The van der Waals surface area contributed by atoms with Crippen LogP contribution in [0, 0.1) is 0 Å². The first-order valence-corrected chi connectivity index (χ1v) is 8.87. The monoisotopic (exact) mass is 347 g/mol. The van der Waals surface area contributed by atoms with Crippen LogP contribution >= 0.6 is 0 Å². The highest BCUT2D eigenvalue weighted by Gasteiger charge is 2.27. The Bertz CT molecular complexity index is 642. The molecular weight excluding hydrogens is 322 g/mol. The average molecular weight is 347 g/mol. The number of carbonyl (C=O) groups excluding carboxylic acids is 3. The summed E-state index contributed by atoms with van der Waals surface area (Å²) in [4.78, 5) is 42.2. The third-order valence-electron chi connectivity index (χ3n) is 4.98. The summed E-state index contributed by atoms with van der Waals surface area (Å²) < 4.78 is 0. The molecule has 1 saturated heterocycles. The van der Waals surface area contributed by atoms with E-state index in [-0.39, 0.29) is 23.5 Å². The van der Waals surface area contributed by atoms with Gasteiger partial charge < -0.3 is 25.8 Å². The van der Waals surface area contributed by atoms with Crippen LogP contribution in [0.1, 0.15) is 53.0 Å². The molecule has 4 amide bonds. The number of hydrogen-bond acceptors (Lipinski definition) is 3. The summed E-state index contributed by atoms with van der Waals surface area (Å²) in [6.07, 6.45) is 7.15. The van der Waals surface area contributed by atoms with Gasteiger partial charge in [-0.15, -0.1) is 0 Å². The molecule has 2 aliphatic rings. The molecule has 2 fully saturated rings. The maximum Gasteiger partial charge on any atom is 0.317 e. The van der Waals surface area contributed by atoms with E-state index in [0.29, 0.717) is 31.9 Å². The van der Waals surface area contributed by atoms with Crippen molar-refractivity contribution in [2.75, 3.05) is 26.2 Å². The van der Waals surface area contributed by atoms with Crippen molar-refractivity contribution in [1.82, 2.24) is 20.1 Å². The van der Waals surface area contributed by atoms with E-state index < -0.39 is 5.91 Å². The van der Waals surface area contributed by atoms with Crippen LogP contribution in [0.2, 0.25) is 0 Å². The van der Waals surface area contributed by atoms with Crippen molar-refractivity contribution >= 4 is 17.8 Å². The number of hydrogen-bond donors (Lipinski definition) is 3. The van der Waals surface area contributed by atoms with E-state index in [9.17, 15) is 14.4 Å². The molecule has 2 heterocycles. The maximum absolute atomic E-state index is 12.5. The fraction of sp³-hybridized carbons (Fsp3) is 0.588. The normalized spacial score (nSPS) is 18.9. The fourth-order valence-corrected chi connectivity index (χ4v) is 3.46. The quantitative estimate of drug-likeness (QED) is 0.755. The second-order valence-corrected chi connectivity index (χ2v) is 6.73. The third-order valence-corrected chi connectivity index (χ3v) is 4.98. The highest BCUT2D eigenvalue weighted by molar-refractivity contribution is 5.98. The lowest BCUT2D eigenvalue weighted by molar-refractivity contribution is 0.0657. The van der Waals surface area contributed by atoms with Gasteiger partial charge in [-0.3, -0.25) is 9.59 Å². The lowest BCUT2D eigenvalue weighted by Gasteiger charge is -2.35. The van der Waals surface area contributed by atoms with Gasteiger partial charge in [0.1, 0.15) is 5.69 Å². The van der Waals surface area contributed by atoms with Gasteiger partial charge in [0.25, 0.3) is 5.91 Å². The van der Waals surface area contributed by atoms with Crippen molar-refractivity contribution in [3.05, 3.63) is 23.5 Å². The van der Waals surface area contributed by atoms with Crippen LogP contribution in [0.5, 0.6) is 0 Å². The summed E-state index contributed by atoms with van der Waals surface area (Å²) in [5.74, 6) is -0.751. The van der Waals surface area contributed by atoms with Gasteiger partial charge in [0.2, 0.25) is 5.91 Å². The number of nitrogens with one attached hydrogen (secondary N) is 2. The van der Waals surface area contributed by atoms with E-state index >= 15 is 0 Å². The SMILES string of the molecule is NC(=O)c1c[nH]c(C(=O)N2CCN(C(=O)NC3CCCCC3)CC2)c1. The molecule has 0 spiro atoms. The zero-order valence-corrected chi connectivity index (χ0v) is 14.3. The Hall–Kier alpha value is -2.51. The number of piperazine rings is 1. The molecule has 4 N–H and O–H groups in total. The second-order valence-electron chi connectivity index (χ2n) is 6.73. The minimum Gasteiger partial charge on any atom is -0.366 e. The molecule has 25 heavy (non-hydrogen) atoms. The molecule has 1 aromatic heterocycles. The summed E-state index contributed by atoms with van der Waals surface area (Å²) in [5, 5.41) is 3.11. The van der Waals surface area contributed by atoms with E-state index in [4.69, 9.17) is 5.73 Å². The lowest BCUT2D eigenvalue weighted by atomic mass is 9.96. The largest absolute Gasteiger partial charge is 0.366 e. The van der Waals surface area contributed by atoms with Gasteiger partial charge in [-0.25, -0.2) is 4.79 Å². The molecule has 8 nitrogen and oxygen atoms in total. The van der Waals surface area contributed by atoms with Crippen LogP contribution < -0.4 is 11.1 Å². The number of aromatic amines is 1. The van der Waals surface area contributed by atoms with E-state index in [1.54, 1.807) is 9.80 Å². The predicted octanol–water partition coefficient (Wildman–Crippen LogP) is 0.914. The molecule has 1 aromatic rings. The van der Waals surface area contributed by atoms with Crippen molar-refractivity contribution in [2.45, 2.75) is 38.1 Å². The van der Waals surface area contributed by atoms with Gasteiger partial charge in [-0.05, 0) is 18.9 Å². The van der Waals surface area contributed by atoms with Gasteiger partial charge in [0, 0.05) is 38.4 Å². The first-order chi connectivity index (χ1) is 12.0. The number of nitrogens with two attached hydrogens (primary N) is 1. The number of aromatic nitrogens is 1. The fourth-order valence-electron chi connectivity index (χ4n) is 3.46. The molecule has 8 heteroatoms. The van der Waals surface area contributed by atoms with Gasteiger partial charge in [0.05, 0.1) is 5.56 Å². The van der Waals surface area contributed by atoms with Gasteiger partial charge in [-0.2, -0.15) is 0 Å². The van der Waals surface area contributed by atoms with E-state index in [2.05, 4.69) is 10.3 Å². The Balaban J connectivity index is 1.49. The summed E-state index contributed by atoms with van der Waals surface area (Å²) >= 11 is 0. The number of rotatable bonds is 3. The molecule has 1 saturated carbocycles. The molecule has 3 rings (SSSR count). The smallest absolute Gasteiger partial charge is 0.317 e. The van der Waals surface area contributed by atoms with Crippen molar-refractivity contribution in [1.29, 1.82) is 0 Å². The molecule has 136 valence electrons. The summed E-state index contributed by atoms with van der Waals surface area (Å²) in [6, 6.07) is 1.72. The molecule has 0 bridgehead atoms. The minimum absolute atomic E-state index is 0.0325.